The molecule has 0 spiro atoms. The van der Waals surface area contributed by atoms with E-state index in [4.69, 9.17) is 10.4 Å². The van der Waals surface area contributed by atoms with Gasteiger partial charge in [0.25, 0.3) is 0 Å². The fraction of sp³-hybridized carbons (Fsp3) is 0.429. The van der Waals surface area contributed by atoms with E-state index in [-0.39, 0.29) is 6.54 Å². The van der Waals surface area contributed by atoms with Crippen LogP contribution >= 0.6 is 0 Å². The van der Waals surface area contributed by atoms with Crippen molar-refractivity contribution in [1.29, 1.82) is 5.26 Å². The number of carboxylic acid groups (broad SMARTS) is 1. The zero-order valence-electron chi connectivity index (χ0n) is 11.0. The molecule has 1 aliphatic rings. The summed E-state index contributed by atoms with van der Waals surface area (Å²) in [7, 11) is 0. The first-order valence-electron chi connectivity index (χ1n) is 6.49. The molecule has 1 aliphatic heterocycles. The Labute approximate surface area is 116 Å². The highest BCUT2D eigenvalue weighted by atomic mass is 19.1. The molecule has 0 atom stereocenters. The van der Waals surface area contributed by atoms with Crippen molar-refractivity contribution >= 4 is 11.7 Å². The lowest BCUT2D eigenvalue weighted by molar-refractivity contribution is -0.138. The lowest BCUT2D eigenvalue weighted by Gasteiger charge is -2.23. The van der Waals surface area contributed by atoms with Crippen molar-refractivity contribution < 1.29 is 14.3 Å². The Morgan fingerprint density at radius 3 is 2.80 bits per heavy atom. The second kappa shape index (κ2) is 6.35. The minimum Gasteiger partial charge on any atom is -0.480 e. The largest absolute Gasteiger partial charge is 0.480 e. The smallest absolute Gasteiger partial charge is 0.317 e. The van der Waals surface area contributed by atoms with E-state index < -0.39 is 11.8 Å². The first-order chi connectivity index (χ1) is 9.60. The minimum atomic E-state index is -0.844. The second-order valence-electron chi connectivity index (χ2n) is 4.79. The summed E-state index contributed by atoms with van der Waals surface area (Å²) < 4.78 is 14.0. The molecule has 1 N–H and O–H groups in total. The van der Waals surface area contributed by atoms with Gasteiger partial charge in [-0.1, -0.05) is 0 Å². The zero-order valence-corrected chi connectivity index (χ0v) is 11.0. The van der Waals surface area contributed by atoms with Gasteiger partial charge in [-0.05, 0) is 24.6 Å². The van der Waals surface area contributed by atoms with Crippen LogP contribution in [0.1, 0.15) is 12.0 Å². The van der Waals surface area contributed by atoms with E-state index in [0.717, 1.165) is 6.42 Å². The van der Waals surface area contributed by atoms with Crippen molar-refractivity contribution in [2.24, 2.45) is 0 Å². The number of halogens is 1. The predicted octanol–water partition coefficient (Wildman–Crippen LogP) is 1.29. The average Bonchev–Trinajstić information content (AvgIpc) is 2.63. The van der Waals surface area contributed by atoms with Crippen molar-refractivity contribution in [3.05, 3.63) is 29.6 Å². The first-order valence-corrected chi connectivity index (χ1v) is 6.49. The molecule has 20 heavy (non-hydrogen) atoms. The number of hydrogen-bond acceptors (Lipinski definition) is 4. The molecule has 0 aromatic heterocycles. The molecule has 1 heterocycles. The Hall–Kier alpha value is -2.13. The Morgan fingerprint density at radius 1 is 1.35 bits per heavy atom. The standard InChI is InChI=1S/C14H16FN3O2/c15-12-8-11(9-16)2-3-13(12)18-5-1-4-17(6-7-18)10-14(19)20/h2-3,8H,1,4-7,10H2,(H,19,20). The molecule has 0 bridgehead atoms. The van der Waals surface area contributed by atoms with Gasteiger partial charge in [0.15, 0.2) is 0 Å². The number of nitriles is 1. The number of aliphatic carboxylic acids is 1. The molecule has 5 nitrogen and oxygen atoms in total. The topological polar surface area (TPSA) is 67.6 Å². The second-order valence-corrected chi connectivity index (χ2v) is 4.79. The molecule has 0 radical (unpaired) electrons. The summed E-state index contributed by atoms with van der Waals surface area (Å²) in [4.78, 5) is 14.5. The quantitative estimate of drug-likeness (QED) is 0.901. The van der Waals surface area contributed by atoms with Crippen molar-refractivity contribution in [3.63, 3.8) is 0 Å². The van der Waals surface area contributed by atoms with Gasteiger partial charge < -0.3 is 10.0 Å². The summed E-state index contributed by atoms with van der Waals surface area (Å²) in [5.41, 5.74) is 0.773. The van der Waals surface area contributed by atoms with Gasteiger partial charge in [-0.25, -0.2) is 4.39 Å². The molecule has 1 aromatic rings. The molecule has 0 saturated carbocycles. The maximum absolute atomic E-state index is 14.0. The van der Waals surface area contributed by atoms with Crippen molar-refractivity contribution in [2.45, 2.75) is 6.42 Å². The van der Waals surface area contributed by atoms with Crippen LogP contribution in [0.3, 0.4) is 0 Å². The minimum absolute atomic E-state index is 0.0176. The highest BCUT2D eigenvalue weighted by Crippen LogP contribution is 2.21. The molecular formula is C14H16FN3O2. The number of benzene rings is 1. The third-order valence-corrected chi connectivity index (χ3v) is 3.36. The fourth-order valence-corrected chi connectivity index (χ4v) is 2.39. The summed E-state index contributed by atoms with van der Waals surface area (Å²) in [5, 5.41) is 17.5. The molecule has 6 heteroatoms. The molecule has 1 fully saturated rings. The Bertz CT molecular complexity index is 542. The number of hydrogen-bond donors (Lipinski definition) is 1. The number of rotatable bonds is 3. The van der Waals surface area contributed by atoms with Gasteiger partial charge in [0.2, 0.25) is 0 Å². The normalized spacial score (nSPS) is 16.5. The maximum Gasteiger partial charge on any atom is 0.317 e. The number of carbonyl (C=O) groups is 1. The maximum atomic E-state index is 14.0. The van der Waals surface area contributed by atoms with Crippen LogP contribution in [0.5, 0.6) is 0 Å². The van der Waals surface area contributed by atoms with Gasteiger partial charge >= 0.3 is 5.97 Å². The molecule has 106 valence electrons. The van der Waals surface area contributed by atoms with Crippen LogP contribution in [0.4, 0.5) is 10.1 Å². The highest BCUT2D eigenvalue weighted by Gasteiger charge is 2.19. The lowest BCUT2D eigenvalue weighted by atomic mass is 10.2. The Morgan fingerprint density at radius 2 is 2.15 bits per heavy atom. The van der Waals surface area contributed by atoms with Gasteiger partial charge in [-0.15, -0.1) is 0 Å². The summed E-state index contributed by atoms with van der Waals surface area (Å²) in [6, 6.07) is 6.35. The molecule has 0 unspecified atom stereocenters. The number of carboxylic acids is 1. The highest BCUT2D eigenvalue weighted by molar-refractivity contribution is 5.69. The summed E-state index contributed by atoms with van der Waals surface area (Å²) in [5.74, 6) is -1.25. The van der Waals surface area contributed by atoms with Crippen LogP contribution in [0.25, 0.3) is 0 Å². The van der Waals surface area contributed by atoms with Crippen molar-refractivity contribution in [3.8, 4) is 6.07 Å². The molecular weight excluding hydrogens is 261 g/mol. The van der Waals surface area contributed by atoms with E-state index in [1.54, 1.807) is 12.1 Å². The Kier molecular flexibility index (Phi) is 4.53. The van der Waals surface area contributed by atoms with Gasteiger partial charge in [0, 0.05) is 26.2 Å². The van der Waals surface area contributed by atoms with Crippen LogP contribution < -0.4 is 4.90 Å². The zero-order chi connectivity index (χ0) is 14.5. The van der Waals surface area contributed by atoms with Crippen molar-refractivity contribution in [1.82, 2.24) is 4.90 Å². The summed E-state index contributed by atoms with van der Waals surface area (Å²) >= 11 is 0. The van der Waals surface area contributed by atoms with Crippen LogP contribution in [-0.4, -0.2) is 48.7 Å². The number of nitrogens with zero attached hydrogens (tertiary/aromatic N) is 3. The molecule has 0 aliphatic carbocycles. The molecule has 1 saturated heterocycles. The van der Waals surface area contributed by atoms with Gasteiger partial charge in [0.05, 0.1) is 23.9 Å². The third-order valence-electron chi connectivity index (χ3n) is 3.36. The van der Waals surface area contributed by atoms with E-state index in [1.807, 2.05) is 15.9 Å². The number of anilines is 1. The molecule has 0 amide bonds. The first kappa shape index (κ1) is 14.3. The van der Waals surface area contributed by atoms with E-state index in [0.29, 0.717) is 37.4 Å². The van der Waals surface area contributed by atoms with E-state index in [1.165, 1.54) is 6.07 Å². The van der Waals surface area contributed by atoms with Crippen LogP contribution in [-0.2, 0) is 4.79 Å². The third kappa shape index (κ3) is 3.45. The summed E-state index contributed by atoms with van der Waals surface area (Å²) in [6.07, 6.45) is 0.784. The average molecular weight is 277 g/mol. The van der Waals surface area contributed by atoms with Gasteiger partial charge in [-0.3, -0.25) is 9.69 Å². The molecule has 2 rings (SSSR count). The van der Waals surface area contributed by atoms with Crippen LogP contribution in [0.2, 0.25) is 0 Å². The van der Waals surface area contributed by atoms with E-state index >= 15 is 0 Å². The van der Waals surface area contributed by atoms with Crippen LogP contribution in [0.15, 0.2) is 18.2 Å². The van der Waals surface area contributed by atoms with Gasteiger partial charge in [0.1, 0.15) is 5.82 Å². The van der Waals surface area contributed by atoms with Crippen LogP contribution in [0, 0.1) is 17.1 Å². The SMILES string of the molecule is N#Cc1ccc(N2CCCN(CC(=O)O)CC2)c(F)c1. The molecule has 1 aromatic carbocycles. The monoisotopic (exact) mass is 277 g/mol. The van der Waals surface area contributed by atoms with Gasteiger partial charge in [-0.2, -0.15) is 5.26 Å². The predicted molar refractivity (Wildman–Crippen MR) is 72.0 cm³/mol. The fourth-order valence-electron chi connectivity index (χ4n) is 2.39. The Balaban J connectivity index is 2.07. The van der Waals surface area contributed by atoms with E-state index in [9.17, 15) is 9.18 Å². The lowest BCUT2D eigenvalue weighted by Crippen LogP contribution is -2.34. The van der Waals surface area contributed by atoms with E-state index in [2.05, 4.69) is 0 Å². The summed E-state index contributed by atoms with van der Waals surface area (Å²) in [6.45, 7) is 2.56. The van der Waals surface area contributed by atoms with Crippen molar-refractivity contribution in [2.75, 3.05) is 37.6 Å².